The summed E-state index contributed by atoms with van der Waals surface area (Å²) in [6.07, 6.45) is 6.30. The zero-order valence-electron chi connectivity index (χ0n) is 13.6. The van der Waals surface area contributed by atoms with Gasteiger partial charge in [-0.2, -0.15) is 5.10 Å². The minimum Gasteiger partial charge on any atom is -0.260 e. The number of benzene rings is 1. The number of halogens is 2. The highest BCUT2D eigenvalue weighted by Gasteiger charge is 2.19. The van der Waals surface area contributed by atoms with Gasteiger partial charge in [-0.05, 0) is 55.9 Å². The smallest absolute Gasteiger partial charge is 0.158 e. The van der Waals surface area contributed by atoms with Crippen molar-refractivity contribution in [3.05, 3.63) is 50.6 Å². The molecular formula is C18H16Cl2N4S. The van der Waals surface area contributed by atoms with Gasteiger partial charge in [0.25, 0.3) is 0 Å². The molecule has 0 aliphatic heterocycles. The molecule has 0 spiro atoms. The zero-order chi connectivity index (χ0) is 17.4. The number of nitrogens with zero attached hydrogens (tertiary/aromatic N) is 3. The standard InChI is InChI=1S/C18H16Cl2N4S/c1-10(11-6-7-13(19)14(20)8-11)23-24-17-16-12-4-2-3-5-15(12)25-18(16)22-9-21-17/h6-9H,2-5H2,1H3,(H,21,22,24). The summed E-state index contributed by atoms with van der Waals surface area (Å²) in [4.78, 5) is 11.3. The van der Waals surface area contributed by atoms with Crippen LogP contribution in [0.25, 0.3) is 10.2 Å². The summed E-state index contributed by atoms with van der Waals surface area (Å²) in [5.41, 5.74) is 6.24. The molecule has 0 radical (unpaired) electrons. The van der Waals surface area contributed by atoms with Gasteiger partial charge in [-0.3, -0.25) is 5.43 Å². The number of anilines is 1. The molecule has 2 heterocycles. The number of rotatable bonds is 3. The van der Waals surface area contributed by atoms with Gasteiger partial charge in [0.05, 0.1) is 21.1 Å². The number of aromatic nitrogens is 2. The molecule has 7 heteroatoms. The van der Waals surface area contributed by atoms with Gasteiger partial charge in [0.2, 0.25) is 0 Å². The summed E-state index contributed by atoms with van der Waals surface area (Å²) in [6.45, 7) is 1.92. The summed E-state index contributed by atoms with van der Waals surface area (Å²) in [6, 6.07) is 5.49. The molecule has 0 fully saturated rings. The highest BCUT2D eigenvalue weighted by molar-refractivity contribution is 7.19. The summed E-state index contributed by atoms with van der Waals surface area (Å²) >= 11 is 13.8. The molecule has 128 valence electrons. The van der Waals surface area contributed by atoms with Gasteiger partial charge in [-0.15, -0.1) is 11.3 Å². The first-order valence-electron chi connectivity index (χ1n) is 8.14. The molecule has 0 bridgehead atoms. The molecule has 4 rings (SSSR count). The third-order valence-electron chi connectivity index (χ3n) is 4.42. The Hall–Kier alpha value is -1.69. The first-order valence-corrected chi connectivity index (χ1v) is 9.71. The second-order valence-electron chi connectivity index (χ2n) is 6.05. The van der Waals surface area contributed by atoms with Crippen LogP contribution in [0.1, 0.15) is 35.8 Å². The van der Waals surface area contributed by atoms with Crippen molar-refractivity contribution in [3.63, 3.8) is 0 Å². The van der Waals surface area contributed by atoms with Crippen molar-refractivity contribution in [1.29, 1.82) is 0 Å². The van der Waals surface area contributed by atoms with Crippen LogP contribution >= 0.6 is 34.5 Å². The van der Waals surface area contributed by atoms with Gasteiger partial charge < -0.3 is 0 Å². The first kappa shape index (κ1) is 16.8. The van der Waals surface area contributed by atoms with Gasteiger partial charge in [0.1, 0.15) is 11.2 Å². The average Bonchev–Trinajstić information content (AvgIpc) is 3.01. The first-order chi connectivity index (χ1) is 12.1. The molecule has 0 unspecified atom stereocenters. The van der Waals surface area contributed by atoms with Crippen LogP contribution in [0.3, 0.4) is 0 Å². The third kappa shape index (κ3) is 3.24. The van der Waals surface area contributed by atoms with Crippen LogP contribution in [0.4, 0.5) is 5.82 Å². The van der Waals surface area contributed by atoms with E-state index in [0.29, 0.717) is 10.0 Å². The fourth-order valence-electron chi connectivity index (χ4n) is 3.10. The SMILES string of the molecule is CC(=NNc1ncnc2sc3c(c12)CCCC3)c1ccc(Cl)c(Cl)c1. The van der Waals surface area contributed by atoms with Crippen molar-refractivity contribution in [2.45, 2.75) is 32.6 Å². The molecule has 4 nitrogen and oxygen atoms in total. The van der Waals surface area contributed by atoms with Crippen LogP contribution in [0, 0.1) is 0 Å². The fraction of sp³-hybridized carbons (Fsp3) is 0.278. The Kier molecular flexibility index (Phi) is 4.63. The molecule has 25 heavy (non-hydrogen) atoms. The number of thiophene rings is 1. The molecule has 0 saturated carbocycles. The fourth-order valence-corrected chi connectivity index (χ4v) is 4.62. The lowest BCUT2D eigenvalue weighted by Crippen LogP contribution is -2.03. The number of fused-ring (bicyclic) bond motifs is 3. The van der Waals surface area contributed by atoms with Crippen molar-refractivity contribution in [2.75, 3.05) is 5.43 Å². The maximum absolute atomic E-state index is 6.09. The van der Waals surface area contributed by atoms with E-state index in [1.165, 1.54) is 23.3 Å². The van der Waals surface area contributed by atoms with Crippen LogP contribution < -0.4 is 5.43 Å². The Bertz CT molecular complexity index is 981. The Morgan fingerprint density at radius 1 is 1.16 bits per heavy atom. The summed E-state index contributed by atoms with van der Waals surface area (Å²) in [7, 11) is 0. The molecule has 1 aromatic carbocycles. The Morgan fingerprint density at radius 3 is 2.84 bits per heavy atom. The normalized spacial score (nSPS) is 14.6. The number of hydrogen-bond acceptors (Lipinski definition) is 5. The highest BCUT2D eigenvalue weighted by atomic mass is 35.5. The largest absolute Gasteiger partial charge is 0.260 e. The summed E-state index contributed by atoms with van der Waals surface area (Å²) < 4.78 is 0. The molecule has 1 aliphatic rings. The topological polar surface area (TPSA) is 50.2 Å². The average molecular weight is 391 g/mol. The lowest BCUT2D eigenvalue weighted by molar-refractivity contribution is 0.700. The summed E-state index contributed by atoms with van der Waals surface area (Å²) in [5, 5.41) is 6.67. The molecule has 1 aliphatic carbocycles. The van der Waals surface area contributed by atoms with Gasteiger partial charge in [0, 0.05) is 4.88 Å². The van der Waals surface area contributed by atoms with Crippen LogP contribution in [0.2, 0.25) is 10.0 Å². The van der Waals surface area contributed by atoms with E-state index in [9.17, 15) is 0 Å². The van der Waals surface area contributed by atoms with Gasteiger partial charge in [-0.25, -0.2) is 9.97 Å². The maximum Gasteiger partial charge on any atom is 0.158 e. The van der Waals surface area contributed by atoms with Crippen LogP contribution in [-0.4, -0.2) is 15.7 Å². The number of hydrazone groups is 1. The van der Waals surface area contributed by atoms with Crippen LogP contribution in [0.15, 0.2) is 29.6 Å². The minimum absolute atomic E-state index is 0.519. The number of hydrogen-bond donors (Lipinski definition) is 1. The number of nitrogens with one attached hydrogen (secondary N) is 1. The highest BCUT2D eigenvalue weighted by Crippen LogP contribution is 2.38. The van der Waals surface area contributed by atoms with E-state index in [4.69, 9.17) is 23.2 Å². The lowest BCUT2D eigenvalue weighted by atomic mass is 9.97. The Balaban J connectivity index is 1.68. The quantitative estimate of drug-likeness (QED) is 0.459. The van der Waals surface area contributed by atoms with Gasteiger partial charge in [-0.1, -0.05) is 29.3 Å². The van der Waals surface area contributed by atoms with E-state index in [2.05, 4.69) is 20.5 Å². The van der Waals surface area contributed by atoms with Gasteiger partial charge >= 0.3 is 0 Å². The van der Waals surface area contributed by atoms with E-state index in [1.54, 1.807) is 23.7 Å². The van der Waals surface area contributed by atoms with Crippen molar-refractivity contribution in [1.82, 2.24) is 9.97 Å². The summed E-state index contributed by atoms with van der Waals surface area (Å²) in [5.74, 6) is 0.767. The van der Waals surface area contributed by atoms with Gasteiger partial charge in [0.15, 0.2) is 5.82 Å². The second kappa shape index (κ2) is 6.90. The predicted octanol–water partition coefficient (Wildman–Crippen LogP) is 5.71. The van der Waals surface area contributed by atoms with E-state index in [-0.39, 0.29) is 0 Å². The van der Waals surface area contributed by atoms with Crippen LogP contribution in [-0.2, 0) is 12.8 Å². The van der Waals surface area contributed by atoms with Crippen LogP contribution in [0.5, 0.6) is 0 Å². The molecule has 3 aromatic rings. The van der Waals surface area contributed by atoms with E-state index in [0.717, 1.165) is 40.2 Å². The van der Waals surface area contributed by atoms with Crippen molar-refractivity contribution < 1.29 is 0 Å². The van der Waals surface area contributed by atoms with Crippen molar-refractivity contribution >= 4 is 56.3 Å². The molecule has 0 amide bonds. The molecule has 2 aromatic heterocycles. The van der Waals surface area contributed by atoms with E-state index < -0.39 is 0 Å². The van der Waals surface area contributed by atoms with E-state index in [1.807, 2.05) is 19.1 Å². The predicted molar refractivity (Wildman–Crippen MR) is 106 cm³/mol. The molecule has 0 atom stereocenters. The minimum atomic E-state index is 0.519. The second-order valence-corrected chi connectivity index (χ2v) is 7.95. The molecule has 1 N–H and O–H groups in total. The zero-order valence-corrected chi connectivity index (χ0v) is 16.0. The molecular weight excluding hydrogens is 375 g/mol. The molecule has 0 saturated heterocycles. The maximum atomic E-state index is 6.09. The van der Waals surface area contributed by atoms with Crippen molar-refractivity contribution in [3.8, 4) is 0 Å². The lowest BCUT2D eigenvalue weighted by Gasteiger charge is -2.11. The van der Waals surface area contributed by atoms with E-state index >= 15 is 0 Å². The Morgan fingerprint density at radius 2 is 2.00 bits per heavy atom. The Labute approximate surface area is 159 Å². The monoisotopic (exact) mass is 390 g/mol. The number of aryl methyl sites for hydroxylation is 2. The van der Waals surface area contributed by atoms with Crippen molar-refractivity contribution in [2.24, 2.45) is 5.10 Å². The third-order valence-corrected chi connectivity index (χ3v) is 6.36.